The Balaban J connectivity index is 2.97. The minimum absolute atomic E-state index is 0.300. The molecule has 0 spiro atoms. The highest BCUT2D eigenvalue weighted by molar-refractivity contribution is 9.09. The maximum atomic E-state index is 12.7. The zero-order chi connectivity index (χ0) is 11.3. The van der Waals surface area contributed by atoms with Crippen molar-refractivity contribution in [1.29, 1.82) is 0 Å². The monoisotopic (exact) mass is 272 g/mol. The number of hydrogen-bond donors (Lipinski definition) is 0. The molecule has 0 heterocycles. The molecule has 0 aliphatic heterocycles. The van der Waals surface area contributed by atoms with Crippen molar-refractivity contribution in [2.75, 3.05) is 12.4 Å². The van der Waals surface area contributed by atoms with Crippen LogP contribution in [0.2, 0.25) is 0 Å². The third kappa shape index (κ3) is 3.47. The molecule has 0 aliphatic rings. The lowest BCUT2D eigenvalue weighted by Crippen LogP contribution is -1.98. The summed E-state index contributed by atoms with van der Waals surface area (Å²) in [6, 6.07) is 5.93. The van der Waals surface area contributed by atoms with Crippen LogP contribution in [0.15, 0.2) is 30.3 Å². The third-order valence-corrected chi connectivity index (χ3v) is 2.46. The van der Waals surface area contributed by atoms with Crippen molar-refractivity contribution in [3.05, 3.63) is 41.7 Å². The molecule has 1 rings (SSSR count). The van der Waals surface area contributed by atoms with Gasteiger partial charge in [-0.25, -0.2) is 9.18 Å². The second kappa shape index (κ2) is 5.66. The molecule has 0 amide bonds. The number of methoxy groups -OCH3 is 1. The van der Waals surface area contributed by atoms with Gasteiger partial charge < -0.3 is 4.74 Å². The van der Waals surface area contributed by atoms with Crippen molar-refractivity contribution in [3.8, 4) is 0 Å². The fourth-order valence-corrected chi connectivity index (χ4v) is 1.55. The largest absolute Gasteiger partial charge is 0.466 e. The Morgan fingerprint density at radius 1 is 1.47 bits per heavy atom. The van der Waals surface area contributed by atoms with Gasteiger partial charge in [-0.15, -0.1) is 0 Å². The van der Waals surface area contributed by atoms with Gasteiger partial charge in [-0.05, 0) is 23.3 Å². The quantitative estimate of drug-likeness (QED) is 0.481. The zero-order valence-electron chi connectivity index (χ0n) is 8.17. The summed E-state index contributed by atoms with van der Waals surface area (Å²) in [5.41, 5.74) is 1.54. The van der Waals surface area contributed by atoms with Crippen LogP contribution in [-0.2, 0) is 9.53 Å². The van der Waals surface area contributed by atoms with Crippen LogP contribution in [0.25, 0.3) is 5.57 Å². The first-order valence-corrected chi connectivity index (χ1v) is 5.40. The second-order valence-electron chi connectivity index (χ2n) is 2.83. The van der Waals surface area contributed by atoms with Crippen molar-refractivity contribution in [2.45, 2.75) is 0 Å². The molecule has 80 valence electrons. The molecule has 1 aromatic carbocycles. The Kier molecular flexibility index (Phi) is 4.49. The Hall–Kier alpha value is -1.16. The molecule has 0 fully saturated rings. The normalized spacial score (nSPS) is 11.3. The summed E-state index contributed by atoms with van der Waals surface area (Å²) in [6.07, 6.45) is 1.38. The molecule has 2 nitrogen and oxygen atoms in total. The molecule has 15 heavy (non-hydrogen) atoms. The average Bonchev–Trinajstić information content (AvgIpc) is 2.27. The van der Waals surface area contributed by atoms with E-state index in [1.165, 1.54) is 25.3 Å². The van der Waals surface area contributed by atoms with E-state index in [0.29, 0.717) is 5.33 Å². The van der Waals surface area contributed by atoms with Crippen LogP contribution in [0.1, 0.15) is 5.56 Å². The number of carbonyl (C=O) groups excluding carboxylic acids is 1. The lowest BCUT2D eigenvalue weighted by Gasteiger charge is -2.03. The van der Waals surface area contributed by atoms with Gasteiger partial charge in [0.05, 0.1) is 7.11 Å². The van der Waals surface area contributed by atoms with Crippen LogP contribution in [-0.4, -0.2) is 18.4 Å². The van der Waals surface area contributed by atoms with Crippen LogP contribution in [0, 0.1) is 5.82 Å². The number of benzene rings is 1. The minimum atomic E-state index is -0.422. The van der Waals surface area contributed by atoms with Gasteiger partial charge >= 0.3 is 5.97 Å². The number of rotatable bonds is 3. The van der Waals surface area contributed by atoms with E-state index in [4.69, 9.17) is 0 Å². The van der Waals surface area contributed by atoms with Gasteiger partial charge in [-0.3, -0.25) is 0 Å². The number of esters is 1. The van der Waals surface area contributed by atoms with E-state index in [1.54, 1.807) is 12.1 Å². The molecule has 0 aliphatic carbocycles. The molecule has 1 aromatic rings. The van der Waals surface area contributed by atoms with E-state index in [-0.39, 0.29) is 5.82 Å². The smallest absolute Gasteiger partial charge is 0.330 e. The predicted molar refractivity (Wildman–Crippen MR) is 60.2 cm³/mol. The number of allylic oxidation sites excluding steroid dienone is 1. The summed E-state index contributed by atoms with van der Waals surface area (Å²) in [4.78, 5) is 11.0. The van der Waals surface area contributed by atoms with Gasteiger partial charge in [0.1, 0.15) is 5.82 Å². The first kappa shape index (κ1) is 11.9. The van der Waals surface area contributed by atoms with Crippen molar-refractivity contribution >= 4 is 27.5 Å². The topological polar surface area (TPSA) is 26.3 Å². The Labute approximate surface area is 95.9 Å². The first-order chi connectivity index (χ1) is 7.17. The third-order valence-electron chi connectivity index (χ3n) is 1.85. The zero-order valence-corrected chi connectivity index (χ0v) is 9.75. The summed E-state index contributed by atoms with van der Waals surface area (Å²) in [5, 5.41) is 0.508. The van der Waals surface area contributed by atoms with E-state index in [1.807, 2.05) is 0 Å². The van der Waals surface area contributed by atoms with Crippen LogP contribution in [0.4, 0.5) is 4.39 Å². The standard InChI is InChI=1S/C11H10BrFO2/c1-15-11(14)6-9(7-12)8-2-4-10(13)5-3-8/h2-6H,7H2,1H3/b9-6+. The Morgan fingerprint density at radius 2 is 2.07 bits per heavy atom. The number of alkyl halides is 1. The average molecular weight is 273 g/mol. The van der Waals surface area contributed by atoms with Crippen molar-refractivity contribution < 1.29 is 13.9 Å². The molecular weight excluding hydrogens is 263 g/mol. The van der Waals surface area contributed by atoms with E-state index < -0.39 is 5.97 Å². The highest BCUT2D eigenvalue weighted by Gasteiger charge is 2.03. The highest BCUT2D eigenvalue weighted by atomic mass is 79.9. The Bertz CT molecular complexity index is 371. The van der Waals surface area contributed by atoms with Gasteiger partial charge in [0.15, 0.2) is 0 Å². The molecule has 0 radical (unpaired) electrons. The summed E-state index contributed by atoms with van der Waals surface area (Å²) in [6.45, 7) is 0. The van der Waals surface area contributed by atoms with E-state index in [0.717, 1.165) is 11.1 Å². The maximum absolute atomic E-state index is 12.7. The molecule has 0 saturated heterocycles. The van der Waals surface area contributed by atoms with E-state index >= 15 is 0 Å². The first-order valence-electron chi connectivity index (χ1n) is 4.28. The molecule has 0 aromatic heterocycles. The van der Waals surface area contributed by atoms with Gasteiger partial charge in [0.2, 0.25) is 0 Å². The summed E-state index contributed by atoms with van der Waals surface area (Å²) in [7, 11) is 1.31. The number of ether oxygens (including phenoxy) is 1. The van der Waals surface area contributed by atoms with Gasteiger partial charge in [-0.2, -0.15) is 0 Å². The number of carbonyl (C=O) groups is 1. The SMILES string of the molecule is COC(=O)/C=C(\CBr)c1ccc(F)cc1. The van der Waals surface area contributed by atoms with Gasteiger partial charge in [0, 0.05) is 11.4 Å². The van der Waals surface area contributed by atoms with Gasteiger partial charge in [0.25, 0.3) is 0 Å². The van der Waals surface area contributed by atoms with Gasteiger partial charge in [-0.1, -0.05) is 28.1 Å². The predicted octanol–water partition coefficient (Wildman–Crippen LogP) is 2.78. The molecule has 0 saturated carbocycles. The summed E-state index contributed by atoms with van der Waals surface area (Å²) < 4.78 is 17.2. The van der Waals surface area contributed by atoms with Crippen molar-refractivity contribution in [2.24, 2.45) is 0 Å². The molecule has 0 unspecified atom stereocenters. The fraction of sp³-hybridized carbons (Fsp3) is 0.182. The molecule has 0 atom stereocenters. The molecule has 4 heteroatoms. The maximum Gasteiger partial charge on any atom is 0.330 e. The van der Waals surface area contributed by atoms with E-state index in [9.17, 15) is 9.18 Å². The van der Waals surface area contributed by atoms with Crippen molar-refractivity contribution in [3.63, 3.8) is 0 Å². The van der Waals surface area contributed by atoms with Crippen LogP contribution in [0.3, 0.4) is 0 Å². The lowest BCUT2D eigenvalue weighted by molar-refractivity contribution is -0.134. The minimum Gasteiger partial charge on any atom is -0.466 e. The summed E-state index contributed by atoms with van der Waals surface area (Å²) in [5.74, 6) is -0.723. The molecule has 0 bridgehead atoms. The molecular formula is C11H10BrFO2. The summed E-state index contributed by atoms with van der Waals surface area (Å²) >= 11 is 3.26. The fourth-order valence-electron chi connectivity index (χ4n) is 1.06. The van der Waals surface area contributed by atoms with Crippen LogP contribution >= 0.6 is 15.9 Å². The second-order valence-corrected chi connectivity index (χ2v) is 3.39. The van der Waals surface area contributed by atoms with Crippen LogP contribution in [0.5, 0.6) is 0 Å². The highest BCUT2D eigenvalue weighted by Crippen LogP contribution is 2.17. The van der Waals surface area contributed by atoms with Crippen molar-refractivity contribution in [1.82, 2.24) is 0 Å². The number of halogens is 2. The lowest BCUT2D eigenvalue weighted by atomic mass is 10.1. The van der Waals surface area contributed by atoms with E-state index in [2.05, 4.69) is 20.7 Å². The van der Waals surface area contributed by atoms with Crippen LogP contribution < -0.4 is 0 Å². The Morgan fingerprint density at radius 3 is 2.53 bits per heavy atom. The molecule has 0 N–H and O–H groups in total. The number of hydrogen-bond acceptors (Lipinski definition) is 2.